The lowest BCUT2D eigenvalue weighted by molar-refractivity contribution is -0.482. The second-order valence-electron chi connectivity index (χ2n) is 3.84. The van der Waals surface area contributed by atoms with Crippen molar-refractivity contribution in [2.75, 3.05) is 18.0 Å². The molecule has 1 aliphatic heterocycles. The molecule has 0 amide bonds. The molecule has 1 aliphatic rings. The Morgan fingerprint density at radius 1 is 1.40 bits per heavy atom. The van der Waals surface area contributed by atoms with E-state index in [2.05, 4.69) is 4.90 Å². The van der Waals surface area contributed by atoms with Crippen LogP contribution in [0.3, 0.4) is 0 Å². The number of nitrogens with zero attached hydrogens (tertiary/aromatic N) is 2. The highest BCUT2D eigenvalue weighted by Gasteiger charge is 2.28. The molecule has 1 aromatic rings. The van der Waals surface area contributed by atoms with E-state index in [0.717, 1.165) is 25.1 Å². The summed E-state index contributed by atoms with van der Waals surface area (Å²) >= 11 is 0. The van der Waals surface area contributed by atoms with Gasteiger partial charge in [0.25, 0.3) is 0 Å². The molecule has 15 heavy (non-hydrogen) atoms. The molecule has 1 aromatic carbocycles. The first-order valence-corrected chi connectivity index (χ1v) is 5.21. The van der Waals surface area contributed by atoms with Gasteiger partial charge in [0.1, 0.15) is 0 Å². The average molecular weight is 206 g/mol. The molecule has 1 saturated heterocycles. The normalized spacial score (nSPS) is 20.5. The monoisotopic (exact) mass is 206 g/mol. The maximum absolute atomic E-state index is 10.5. The van der Waals surface area contributed by atoms with Crippen LogP contribution in [0.2, 0.25) is 0 Å². The fourth-order valence-corrected chi connectivity index (χ4v) is 2.16. The van der Waals surface area contributed by atoms with Crippen LogP contribution in [-0.4, -0.2) is 24.1 Å². The quantitative estimate of drug-likeness (QED) is 0.560. The van der Waals surface area contributed by atoms with Crippen molar-refractivity contribution in [3.05, 3.63) is 40.4 Å². The van der Waals surface area contributed by atoms with Crippen LogP contribution in [0.25, 0.3) is 0 Å². The van der Waals surface area contributed by atoms with Crippen molar-refractivity contribution < 1.29 is 4.92 Å². The summed E-state index contributed by atoms with van der Waals surface area (Å²) in [7, 11) is 0. The minimum Gasteiger partial charge on any atom is -0.362 e. The molecule has 0 aromatic heterocycles. The van der Waals surface area contributed by atoms with E-state index in [0.29, 0.717) is 0 Å². The van der Waals surface area contributed by atoms with Gasteiger partial charge in [-0.1, -0.05) is 18.2 Å². The third-order valence-corrected chi connectivity index (χ3v) is 2.82. The van der Waals surface area contributed by atoms with Crippen molar-refractivity contribution in [1.82, 2.24) is 0 Å². The van der Waals surface area contributed by atoms with E-state index < -0.39 is 0 Å². The van der Waals surface area contributed by atoms with Crippen LogP contribution in [0.15, 0.2) is 30.3 Å². The molecular weight excluding hydrogens is 192 g/mol. The van der Waals surface area contributed by atoms with Crippen molar-refractivity contribution >= 4 is 5.69 Å². The standard InChI is InChI=1S/C11H14N2O2/c14-13(15)9-11-7-4-8-12(11)10-5-2-1-3-6-10/h1-3,5-6,11H,4,7-9H2. The maximum Gasteiger partial charge on any atom is 0.223 e. The van der Waals surface area contributed by atoms with Gasteiger partial charge in [0.15, 0.2) is 0 Å². The Kier molecular flexibility index (Phi) is 2.85. The van der Waals surface area contributed by atoms with E-state index in [1.54, 1.807) is 0 Å². The van der Waals surface area contributed by atoms with Crippen LogP contribution in [0, 0.1) is 10.1 Å². The van der Waals surface area contributed by atoms with E-state index in [9.17, 15) is 10.1 Å². The van der Waals surface area contributed by atoms with E-state index in [-0.39, 0.29) is 17.5 Å². The first-order chi connectivity index (χ1) is 7.27. The number of hydrogen-bond donors (Lipinski definition) is 0. The highest BCUT2D eigenvalue weighted by Crippen LogP contribution is 2.24. The second kappa shape index (κ2) is 4.29. The minimum absolute atomic E-state index is 0.0505. The summed E-state index contributed by atoms with van der Waals surface area (Å²) in [5.41, 5.74) is 1.10. The molecular formula is C11H14N2O2. The zero-order valence-corrected chi connectivity index (χ0v) is 8.50. The highest BCUT2D eigenvalue weighted by atomic mass is 16.6. The first kappa shape index (κ1) is 9.96. The molecule has 1 heterocycles. The molecule has 4 nitrogen and oxygen atoms in total. The van der Waals surface area contributed by atoms with Crippen molar-refractivity contribution in [2.45, 2.75) is 18.9 Å². The van der Waals surface area contributed by atoms with Crippen LogP contribution >= 0.6 is 0 Å². The zero-order chi connectivity index (χ0) is 10.7. The number of rotatable bonds is 3. The van der Waals surface area contributed by atoms with Gasteiger partial charge in [0, 0.05) is 17.2 Å². The van der Waals surface area contributed by atoms with Gasteiger partial charge in [0.2, 0.25) is 6.54 Å². The molecule has 0 bridgehead atoms. The summed E-state index contributed by atoms with van der Waals surface area (Å²) in [6.07, 6.45) is 1.98. The van der Waals surface area contributed by atoms with Crippen LogP contribution in [-0.2, 0) is 0 Å². The number of nitro groups is 1. The van der Waals surface area contributed by atoms with Gasteiger partial charge in [-0.05, 0) is 25.0 Å². The smallest absolute Gasteiger partial charge is 0.223 e. The van der Waals surface area contributed by atoms with Crippen molar-refractivity contribution in [3.8, 4) is 0 Å². The Morgan fingerprint density at radius 2 is 2.13 bits per heavy atom. The molecule has 1 atom stereocenters. The molecule has 4 heteroatoms. The zero-order valence-electron chi connectivity index (χ0n) is 8.50. The first-order valence-electron chi connectivity index (χ1n) is 5.21. The Balaban J connectivity index is 2.11. The maximum atomic E-state index is 10.5. The average Bonchev–Trinajstić information content (AvgIpc) is 2.66. The van der Waals surface area contributed by atoms with Gasteiger partial charge in [-0.3, -0.25) is 10.1 Å². The third-order valence-electron chi connectivity index (χ3n) is 2.82. The molecule has 0 radical (unpaired) electrons. The van der Waals surface area contributed by atoms with E-state index in [4.69, 9.17) is 0 Å². The number of hydrogen-bond acceptors (Lipinski definition) is 3. The molecule has 1 unspecified atom stereocenters. The number of benzene rings is 1. The summed E-state index contributed by atoms with van der Waals surface area (Å²) in [4.78, 5) is 12.4. The molecule has 0 aliphatic carbocycles. The molecule has 0 N–H and O–H groups in total. The SMILES string of the molecule is O=[N+]([O-])CC1CCCN1c1ccccc1. The lowest BCUT2D eigenvalue weighted by Crippen LogP contribution is -2.34. The van der Waals surface area contributed by atoms with Gasteiger partial charge in [-0.2, -0.15) is 0 Å². The molecule has 2 rings (SSSR count). The topological polar surface area (TPSA) is 46.4 Å². The summed E-state index contributed by atoms with van der Waals surface area (Å²) in [5, 5.41) is 10.5. The Morgan fingerprint density at radius 3 is 2.80 bits per heavy atom. The van der Waals surface area contributed by atoms with E-state index in [1.807, 2.05) is 30.3 Å². The van der Waals surface area contributed by atoms with Crippen LogP contribution in [0.1, 0.15) is 12.8 Å². The highest BCUT2D eigenvalue weighted by molar-refractivity contribution is 5.48. The fraction of sp³-hybridized carbons (Fsp3) is 0.455. The van der Waals surface area contributed by atoms with Crippen LogP contribution < -0.4 is 4.90 Å². The second-order valence-corrected chi connectivity index (χ2v) is 3.84. The number of para-hydroxylation sites is 1. The summed E-state index contributed by atoms with van der Waals surface area (Å²) in [6, 6.07) is 9.99. The Bertz CT molecular complexity index is 340. The van der Waals surface area contributed by atoms with Gasteiger partial charge in [0.05, 0.1) is 6.04 Å². The lowest BCUT2D eigenvalue weighted by atomic mass is 10.2. The molecule has 0 saturated carbocycles. The van der Waals surface area contributed by atoms with E-state index in [1.165, 1.54) is 0 Å². The van der Waals surface area contributed by atoms with Crippen LogP contribution in [0.4, 0.5) is 5.69 Å². The summed E-state index contributed by atoms with van der Waals surface area (Å²) in [6.45, 7) is 0.984. The number of anilines is 1. The third kappa shape index (κ3) is 2.26. The molecule has 1 fully saturated rings. The fourth-order valence-electron chi connectivity index (χ4n) is 2.16. The van der Waals surface area contributed by atoms with Crippen molar-refractivity contribution in [3.63, 3.8) is 0 Å². The Labute approximate surface area is 88.7 Å². The lowest BCUT2D eigenvalue weighted by Gasteiger charge is -2.23. The van der Waals surface area contributed by atoms with E-state index >= 15 is 0 Å². The van der Waals surface area contributed by atoms with Crippen LogP contribution in [0.5, 0.6) is 0 Å². The minimum atomic E-state index is -0.216. The van der Waals surface area contributed by atoms with Crippen molar-refractivity contribution in [1.29, 1.82) is 0 Å². The largest absolute Gasteiger partial charge is 0.362 e. The predicted molar refractivity (Wildman–Crippen MR) is 58.7 cm³/mol. The summed E-state index contributed by atoms with van der Waals surface area (Å²) in [5.74, 6) is 0. The van der Waals surface area contributed by atoms with Gasteiger partial charge in [-0.25, -0.2) is 0 Å². The van der Waals surface area contributed by atoms with Crippen molar-refractivity contribution in [2.24, 2.45) is 0 Å². The summed E-state index contributed by atoms with van der Waals surface area (Å²) < 4.78 is 0. The van der Waals surface area contributed by atoms with Gasteiger partial charge >= 0.3 is 0 Å². The predicted octanol–water partition coefficient (Wildman–Crippen LogP) is 1.93. The van der Waals surface area contributed by atoms with Gasteiger partial charge in [-0.15, -0.1) is 0 Å². The van der Waals surface area contributed by atoms with Gasteiger partial charge < -0.3 is 4.90 Å². The molecule has 80 valence electrons. The Hall–Kier alpha value is -1.58. The molecule has 0 spiro atoms.